The topological polar surface area (TPSA) is 59.4 Å². The van der Waals surface area contributed by atoms with Gasteiger partial charge in [-0.1, -0.05) is 42.5 Å². The fourth-order valence-electron chi connectivity index (χ4n) is 3.76. The second kappa shape index (κ2) is 7.40. The minimum absolute atomic E-state index is 0.0914. The molecule has 1 N–H and O–H groups in total. The monoisotopic (exact) mass is 396 g/mol. The van der Waals surface area contributed by atoms with Crippen LogP contribution in [0.3, 0.4) is 0 Å². The Morgan fingerprint density at radius 1 is 0.933 bits per heavy atom. The molecule has 0 fully saturated rings. The number of carbonyl (C=O) groups excluding carboxylic acids is 1. The Hall–Kier alpha value is -4.06. The van der Waals surface area contributed by atoms with Gasteiger partial charge in [0, 0.05) is 17.4 Å². The highest BCUT2D eigenvalue weighted by atomic mass is 16.5. The summed E-state index contributed by atoms with van der Waals surface area (Å²) in [5, 5.41) is 8.03. The molecule has 30 heavy (non-hydrogen) atoms. The van der Waals surface area contributed by atoms with Crippen LogP contribution in [0.5, 0.6) is 5.75 Å². The number of hydrogen-bond acceptors (Lipinski definition) is 4. The average Bonchev–Trinajstić information content (AvgIpc) is 3.30. The van der Waals surface area contributed by atoms with E-state index in [1.54, 1.807) is 18.2 Å². The molecule has 1 atom stereocenters. The van der Waals surface area contributed by atoms with Crippen LogP contribution in [0.4, 0.5) is 11.4 Å². The molecule has 3 aromatic carbocycles. The molecule has 0 spiro atoms. The van der Waals surface area contributed by atoms with Crippen LogP contribution in [0.1, 0.15) is 22.1 Å². The fraction of sp³-hybridized carbons (Fsp3) is 0.0833. The summed E-state index contributed by atoms with van der Waals surface area (Å²) in [6.45, 7) is 0. The quantitative estimate of drug-likeness (QED) is 0.545. The second-order valence-electron chi connectivity index (χ2n) is 6.99. The van der Waals surface area contributed by atoms with Crippen LogP contribution >= 0.6 is 0 Å². The lowest BCUT2D eigenvalue weighted by atomic mass is 10.0. The smallest absolute Gasteiger partial charge is 0.262 e. The van der Waals surface area contributed by atoms with Crippen LogP contribution in [0, 0.1) is 0 Å². The molecule has 0 bridgehead atoms. The van der Waals surface area contributed by atoms with Crippen molar-refractivity contribution in [3.8, 4) is 11.4 Å². The summed E-state index contributed by atoms with van der Waals surface area (Å²) in [5.41, 5.74) is 3.94. The number of fused-ring (bicyclic) bond motifs is 1. The van der Waals surface area contributed by atoms with Gasteiger partial charge >= 0.3 is 0 Å². The summed E-state index contributed by atoms with van der Waals surface area (Å²) >= 11 is 0. The Morgan fingerprint density at radius 2 is 1.67 bits per heavy atom. The van der Waals surface area contributed by atoms with E-state index in [1.165, 1.54) is 0 Å². The number of ether oxygens (including phenoxy) is 1. The number of rotatable bonds is 4. The SMILES string of the molecule is COc1ccccc1N1C(=O)c2ccccc2NC1c1cnn(-c2ccccc2)c1. The summed E-state index contributed by atoms with van der Waals surface area (Å²) in [6, 6.07) is 25.0. The number of nitrogens with one attached hydrogen (secondary N) is 1. The minimum Gasteiger partial charge on any atom is -0.495 e. The lowest BCUT2D eigenvalue weighted by Crippen LogP contribution is -2.43. The van der Waals surface area contributed by atoms with E-state index in [0.717, 1.165) is 16.9 Å². The van der Waals surface area contributed by atoms with Crippen molar-refractivity contribution < 1.29 is 9.53 Å². The maximum absolute atomic E-state index is 13.5. The highest BCUT2D eigenvalue weighted by molar-refractivity contribution is 6.12. The van der Waals surface area contributed by atoms with Crippen LogP contribution in [-0.4, -0.2) is 22.8 Å². The molecule has 1 amide bonds. The second-order valence-corrected chi connectivity index (χ2v) is 6.99. The largest absolute Gasteiger partial charge is 0.495 e. The molecule has 6 nitrogen and oxygen atoms in total. The third-order valence-electron chi connectivity index (χ3n) is 5.21. The van der Waals surface area contributed by atoms with Gasteiger partial charge in [0.2, 0.25) is 0 Å². The van der Waals surface area contributed by atoms with Crippen molar-refractivity contribution >= 4 is 17.3 Å². The number of hydrogen-bond donors (Lipinski definition) is 1. The summed E-state index contributed by atoms with van der Waals surface area (Å²) in [7, 11) is 1.61. The Labute approximate surface area is 174 Å². The van der Waals surface area contributed by atoms with Gasteiger partial charge in [0.15, 0.2) is 0 Å². The van der Waals surface area contributed by atoms with Crippen molar-refractivity contribution in [3.63, 3.8) is 0 Å². The first-order chi connectivity index (χ1) is 14.8. The molecule has 4 aromatic rings. The number of nitrogens with zero attached hydrogens (tertiary/aromatic N) is 3. The molecule has 1 aliphatic heterocycles. The minimum atomic E-state index is -0.429. The zero-order valence-electron chi connectivity index (χ0n) is 16.4. The maximum Gasteiger partial charge on any atom is 0.262 e. The summed E-state index contributed by atoms with van der Waals surface area (Å²) in [4.78, 5) is 15.3. The van der Waals surface area contributed by atoms with E-state index in [1.807, 2.05) is 89.7 Å². The molecule has 0 radical (unpaired) electrons. The zero-order chi connectivity index (χ0) is 20.5. The van der Waals surface area contributed by atoms with Gasteiger partial charge in [-0.3, -0.25) is 9.69 Å². The predicted molar refractivity (Wildman–Crippen MR) is 116 cm³/mol. The summed E-state index contributed by atoms with van der Waals surface area (Å²) in [6.07, 6.45) is 3.30. The van der Waals surface area contributed by atoms with Gasteiger partial charge in [-0.25, -0.2) is 4.68 Å². The van der Waals surface area contributed by atoms with Gasteiger partial charge in [0.1, 0.15) is 11.9 Å². The van der Waals surface area contributed by atoms with Crippen molar-refractivity contribution in [1.82, 2.24) is 9.78 Å². The number of para-hydroxylation sites is 4. The Kier molecular flexibility index (Phi) is 4.44. The average molecular weight is 396 g/mol. The lowest BCUT2D eigenvalue weighted by Gasteiger charge is -2.37. The van der Waals surface area contributed by atoms with E-state index < -0.39 is 6.17 Å². The molecule has 0 saturated carbocycles. The standard InChI is InChI=1S/C24H20N4O2/c1-30-22-14-8-7-13-21(22)28-23(26-20-12-6-5-11-19(20)24(28)29)17-15-25-27(16-17)18-9-3-2-4-10-18/h2-16,23,26H,1H3. The first-order valence-corrected chi connectivity index (χ1v) is 9.68. The van der Waals surface area contributed by atoms with Gasteiger partial charge in [0.05, 0.1) is 30.2 Å². The van der Waals surface area contributed by atoms with E-state index in [9.17, 15) is 4.79 Å². The van der Waals surface area contributed by atoms with Crippen LogP contribution in [0.25, 0.3) is 5.69 Å². The normalized spacial score (nSPS) is 15.4. The van der Waals surface area contributed by atoms with E-state index in [0.29, 0.717) is 17.0 Å². The van der Waals surface area contributed by atoms with Crippen LogP contribution in [0.15, 0.2) is 91.3 Å². The molecular weight excluding hydrogens is 376 g/mol. The van der Waals surface area contributed by atoms with Crippen LogP contribution in [0.2, 0.25) is 0 Å². The number of anilines is 2. The van der Waals surface area contributed by atoms with Gasteiger partial charge in [0.25, 0.3) is 5.91 Å². The molecular formula is C24H20N4O2. The third-order valence-corrected chi connectivity index (χ3v) is 5.21. The summed E-state index contributed by atoms with van der Waals surface area (Å²) in [5.74, 6) is 0.541. The molecule has 0 saturated heterocycles. The maximum atomic E-state index is 13.5. The number of amides is 1. The van der Waals surface area contributed by atoms with Gasteiger partial charge in [-0.15, -0.1) is 0 Å². The number of carbonyl (C=O) groups is 1. The Balaban J connectivity index is 1.63. The lowest BCUT2D eigenvalue weighted by molar-refractivity contribution is 0.0974. The third kappa shape index (κ3) is 2.99. The molecule has 148 valence electrons. The molecule has 2 heterocycles. The van der Waals surface area contributed by atoms with Crippen molar-refractivity contribution in [2.24, 2.45) is 0 Å². The van der Waals surface area contributed by atoms with Crippen molar-refractivity contribution in [2.75, 3.05) is 17.3 Å². The van der Waals surface area contributed by atoms with Gasteiger partial charge in [-0.2, -0.15) is 5.10 Å². The molecule has 0 aliphatic carbocycles. The molecule has 5 rings (SSSR count). The van der Waals surface area contributed by atoms with Crippen molar-refractivity contribution in [1.29, 1.82) is 0 Å². The molecule has 6 heteroatoms. The summed E-state index contributed by atoms with van der Waals surface area (Å²) < 4.78 is 7.36. The van der Waals surface area contributed by atoms with E-state index in [2.05, 4.69) is 10.4 Å². The van der Waals surface area contributed by atoms with Crippen molar-refractivity contribution in [3.05, 3.63) is 102 Å². The molecule has 1 aliphatic rings. The van der Waals surface area contributed by atoms with Gasteiger partial charge in [-0.05, 0) is 36.4 Å². The Bertz CT molecular complexity index is 1200. The zero-order valence-corrected chi connectivity index (χ0v) is 16.4. The van der Waals surface area contributed by atoms with E-state index >= 15 is 0 Å². The highest BCUT2D eigenvalue weighted by Gasteiger charge is 2.36. The fourth-order valence-corrected chi connectivity index (χ4v) is 3.76. The first kappa shape index (κ1) is 18.0. The number of aromatic nitrogens is 2. The Morgan fingerprint density at radius 3 is 2.50 bits per heavy atom. The van der Waals surface area contributed by atoms with Crippen LogP contribution in [-0.2, 0) is 0 Å². The van der Waals surface area contributed by atoms with Crippen molar-refractivity contribution in [2.45, 2.75) is 6.17 Å². The molecule has 1 unspecified atom stereocenters. The highest BCUT2D eigenvalue weighted by Crippen LogP contribution is 2.40. The van der Waals surface area contributed by atoms with Gasteiger partial charge < -0.3 is 10.1 Å². The number of benzene rings is 3. The molecule has 1 aromatic heterocycles. The van der Waals surface area contributed by atoms with E-state index in [4.69, 9.17) is 4.74 Å². The predicted octanol–water partition coefficient (Wildman–Crippen LogP) is 4.65. The first-order valence-electron chi connectivity index (χ1n) is 9.68. The van der Waals surface area contributed by atoms with Crippen LogP contribution < -0.4 is 15.0 Å². The number of methoxy groups -OCH3 is 1. The van der Waals surface area contributed by atoms with E-state index in [-0.39, 0.29) is 5.91 Å².